The Bertz CT molecular complexity index is 1470. The zero-order valence-electron chi connectivity index (χ0n) is 20.9. The first-order chi connectivity index (χ1) is 17.2. The lowest BCUT2D eigenvalue weighted by Gasteiger charge is -2.12. The number of aryl methyl sites for hydroxylation is 1. The number of nitrogens with zero attached hydrogens (tertiary/aromatic N) is 4. The Hall–Kier alpha value is -4.27. The normalized spacial score (nSPS) is 11.1. The molecule has 0 spiro atoms. The molecule has 2 N–H and O–H groups in total. The standard InChI is InChI=1S/C27H30N6O3/c1-17(2)15-32-19(4)23(18(3)30-32)14-24(34)28-29-26(35)25-21-12-8-9-13-22(21)27(36)33(31-25)16-20-10-6-5-7-11-20/h5-13,17H,14-16H2,1-4H3,(H,28,34)(H,29,35). The summed E-state index contributed by atoms with van der Waals surface area (Å²) in [5, 5.41) is 9.68. The molecule has 4 aromatic rings. The summed E-state index contributed by atoms with van der Waals surface area (Å²) in [7, 11) is 0. The van der Waals surface area contributed by atoms with Crippen molar-refractivity contribution < 1.29 is 9.59 Å². The van der Waals surface area contributed by atoms with Crippen LogP contribution in [0.5, 0.6) is 0 Å². The lowest BCUT2D eigenvalue weighted by Crippen LogP contribution is -2.43. The number of benzene rings is 2. The highest BCUT2D eigenvalue weighted by atomic mass is 16.2. The third-order valence-electron chi connectivity index (χ3n) is 5.98. The highest BCUT2D eigenvalue weighted by Crippen LogP contribution is 2.16. The molecule has 0 unspecified atom stereocenters. The lowest BCUT2D eigenvalue weighted by atomic mass is 10.1. The van der Waals surface area contributed by atoms with Gasteiger partial charge in [0.1, 0.15) is 0 Å². The maximum absolute atomic E-state index is 13.1. The van der Waals surface area contributed by atoms with Crippen LogP contribution in [0.25, 0.3) is 10.8 Å². The lowest BCUT2D eigenvalue weighted by molar-refractivity contribution is -0.121. The quantitative estimate of drug-likeness (QED) is 0.390. The molecule has 0 aliphatic rings. The second-order valence-electron chi connectivity index (χ2n) is 9.25. The van der Waals surface area contributed by atoms with Gasteiger partial charge in [0.25, 0.3) is 11.5 Å². The van der Waals surface area contributed by atoms with Gasteiger partial charge in [-0.05, 0) is 31.4 Å². The van der Waals surface area contributed by atoms with Crippen molar-refractivity contribution >= 4 is 22.6 Å². The minimum atomic E-state index is -0.606. The Labute approximate surface area is 209 Å². The SMILES string of the molecule is Cc1nn(CC(C)C)c(C)c1CC(=O)NNC(=O)c1nn(Cc2ccccc2)c(=O)c2ccccc12. The number of aromatic nitrogens is 4. The molecule has 2 amide bonds. The molecule has 0 saturated heterocycles. The highest BCUT2D eigenvalue weighted by molar-refractivity contribution is 6.05. The summed E-state index contributed by atoms with van der Waals surface area (Å²) in [5.74, 6) is -0.553. The van der Waals surface area contributed by atoms with Crippen LogP contribution in [0.15, 0.2) is 59.4 Å². The van der Waals surface area contributed by atoms with Crippen LogP contribution >= 0.6 is 0 Å². The van der Waals surface area contributed by atoms with Gasteiger partial charge in [0.05, 0.1) is 24.0 Å². The molecule has 0 aliphatic carbocycles. The molecule has 9 heteroatoms. The van der Waals surface area contributed by atoms with Crippen LogP contribution in [0.3, 0.4) is 0 Å². The number of rotatable bonds is 7. The van der Waals surface area contributed by atoms with Crippen molar-refractivity contribution in [1.82, 2.24) is 30.4 Å². The fourth-order valence-corrected chi connectivity index (χ4v) is 4.17. The number of fused-ring (bicyclic) bond motifs is 1. The molecule has 9 nitrogen and oxygen atoms in total. The van der Waals surface area contributed by atoms with Gasteiger partial charge in [-0.3, -0.25) is 29.9 Å². The maximum atomic E-state index is 13.1. The van der Waals surface area contributed by atoms with Crippen molar-refractivity contribution in [3.05, 3.63) is 93.2 Å². The third kappa shape index (κ3) is 5.35. The number of hydrazine groups is 1. The van der Waals surface area contributed by atoms with Crippen LogP contribution in [0.2, 0.25) is 0 Å². The predicted octanol–water partition coefficient (Wildman–Crippen LogP) is 2.92. The van der Waals surface area contributed by atoms with Gasteiger partial charge in [-0.1, -0.05) is 62.4 Å². The van der Waals surface area contributed by atoms with Crippen molar-refractivity contribution in [2.45, 2.75) is 47.2 Å². The van der Waals surface area contributed by atoms with Gasteiger partial charge in [0.15, 0.2) is 5.69 Å². The third-order valence-corrected chi connectivity index (χ3v) is 5.98. The second-order valence-corrected chi connectivity index (χ2v) is 9.25. The number of amides is 2. The summed E-state index contributed by atoms with van der Waals surface area (Å²) in [6, 6.07) is 16.2. The Kier molecular flexibility index (Phi) is 7.28. The minimum Gasteiger partial charge on any atom is -0.273 e. The van der Waals surface area contributed by atoms with Gasteiger partial charge in [-0.15, -0.1) is 0 Å². The molecular weight excluding hydrogens is 456 g/mol. The largest absolute Gasteiger partial charge is 0.290 e. The van der Waals surface area contributed by atoms with Crippen LogP contribution in [-0.2, 0) is 24.3 Å². The Morgan fingerprint density at radius 2 is 1.56 bits per heavy atom. The van der Waals surface area contributed by atoms with Crippen LogP contribution in [0.1, 0.15) is 46.9 Å². The number of carbonyl (C=O) groups is 2. The molecule has 0 atom stereocenters. The second kappa shape index (κ2) is 10.6. The topological polar surface area (TPSA) is 111 Å². The Morgan fingerprint density at radius 1 is 0.889 bits per heavy atom. The predicted molar refractivity (Wildman–Crippen MR) is 137 cm³/mol. The molecule has 0 fully saturated rings. The molecule has 2 aromatic carbocycles. The van der Waals surface area contributed by atoms with E-state index in [0.717, 1.165) is 29.1 Å². The Morgan fingerprint density at radius 3 is 2.25 bits per heavy atom. The summed E-state index contributed by atoms with van der Waals surface area (Å²) in [6.45, 7) is 9.02. The molecule has 36 heavy (non-hydrogen) atoms. The van der Waals surface area contributed by atoms with E-state index < -0.39 is 5.91 Å². The van der Waals surface area contributed by atoms with Gasteiger partial charge in [0.2, 0.25) is 5.91 Å². The molecular formula is C27H30N6O3. The average molecular weight is 487 g/mol. The molecule has 0 aliphatic heterocycles. The van der Waals surface area contributed by atoms with E-state index in [4.69, 9.17) is 0 Å². The first-order valence-electron chi connectivity index (χ1n) is 11.9. The van der Waals surface area contributed by atoms with Crippen molar-refractivity contribution in [2.24, 2.45) is 5.92 Å². The van der Waals surface area contributed by atoms with Crippen LogP contribution in [-0.4, -0.2) is 31.4 Å². The number of hydrogen-bond acceptors (Lipinski definition) is 5. The van der Waals surface area contributed by atoms with E-state index in [9.17, 15) is 14.4 Å². The smallest absolute Gasteiger partial charge is 0.273 e. The monoisotopic (exact) mass is 486 g/mol. The minimum absolute atomic E-state index is 0.0542. The van der Waals surface area contributed by atoms with Crippen molar-refractivity contribution in [2.75, 3.05) is 0 Å². The van der Waals surface area contributed by atoms with Crippen molar-refractivity contribution in [1.29, 1.82) is 0 Å². The number of nitrogens with one attached hydrogen (secondary N) is 2. The van der Waals surface area contributed by atoms with Gasteiger partial charge in [-0.2, -0.15) is 10.2 Å². The van der Waals surface area contributed by atoms with E-state index in [1.165, 1.54) is 4.68 Å². The van der Waals surface area contributed by atoms with E-state index in [1.54, 1.807) is 24.3 Å². The van der Waals surface area contributed by atoms with Gasteiger partial charge < -0.3 is 0 Å². The summed E-state index contributed by atoms with van der Waals surface area (Å²) in [5.41, 5.74) is 8.13. The molecule has 2 heterocycles. The highest BCUT2D eigenvalue weighted by Gasteiger charge is 2.19. The summed E-state index contributed by atoms with van der Waals surface area (Å²) >= 11 is 0. The first kappa shape index (κ1) is 24.8. The fourth-order valence-electron chi connectivity index (χ4n) is 4.17. The number of hydrogen-bond donors (Lipinski definition) is 2. The zero-order chi connectivity index (χ0) is 25.8. The molecule has 0 radical (unpaired) electrons. The van der Waals surface area contributed by atoms with E-state index in [-0.39, 0.29) is 30.1 Å². The average Bonchev–Trinajstić information content (AvgIpc) is 3.11. The summed E-state index contributed by atoms with van der Waals surface area (Å²) in [4.78, 5) is 38.7. The molecule has 186 valence electrons. The molecule has 2 aromatic heterocycles. The van der Waals surface area contributed by atoms with Crippen LogP contribution in [0, 0.1) is 19.8 Å². The Balaban J connectivity index is 1.53. The van der Waals surface area contributed by atoms with Gasteiger partial charge in [0, 0.05) is 23.2 Å². The molecule has 0 bridgehead atoms. The first-order valence-corrected chi connectivity index (χ1v) is 11.9. The van der Waals surface area contributed by atoms with Crippen molar-refractivity contribution in [3.63, 3.8) is 0 Å². The maximum Gasteiger partial charge on any atom is 0.290 e. The van der Waals surface area contributed by atoms with Crippen LogP contribution in [0.4, 0.5) is 0 Å². The summed E-state index contributed by atoms with van der Waals surface area (Å²) in [6.07, 6.45) is 0.0811. The number of carbonyl (C=O) groups excluding carboxylic acids is 2. The molecule has 4 rings (SSSR count). The zero-order valence-corrected chi connectivity index (χ0v) is 20.9. The van der Waals surface area contributed by atoms with Crippen molar-refractivity contribution in [3.8, 4) is 0 Å². The van der Waals surface area contributed by atoms with E-state index >= 15 is 0 Å². The van der Waals surface area contributed by atoms with E-state index in [1.807, 2.05) is 48.9 Å². The molecule has 0 saturated carbocycles. The van der Waals surface area contributed by atoms with Gasteiger partial charge in [-0.25, -0.2) is 4.68 Å². The fraction of sp³-hybridized carbons (Fsp3) is 0.296. The van der Waals surface area contributed by atoms with Gasteiger partial charge >= 0.3 is 0 Å². The van der Waals surface area contributed by atoms with E-state index in [2.05, 4.69) is 34.9 Å². The van der Waals surface area contributed by atoms with Crippen LogP contribution < -0.4 is 16.4 Å². The summed E-state index contributed by atoms with van der Waals surface area (Å²) < 4.78 is 3.18. The van der Waals surface area contributed by atoms with E-state index in [0.29, 0.717) is 16.7 Å².